The molecule has 0 aliphatic heterocycles. The van der Waals surface area contributed by atoms with Crippen molar-refractivity contribution in [3.63, 3.8) is 0 Å². The van der Waals surface area contributed by atoms with Crippen molar-refractivity contribution in [1.29, 1.82) is 0 Å². The van der Waals surface area contributed by atoms with Gasteiger partial charge in [-0.3, -0.25) is 0 Å². The first-order valence-electron chi connectivity index (χ1n) is 8.04. The smallest absolute Gasteiger partial charge is 0.277 e. The van der Waals surface area contributed by atoms with E-state index in [9.17, 15) is 4.39 Å². The lowest BCUT2D eigenvalue weighted by Gasteiger charge is -2.10. The summed E-state index contributed by atoms with van der Waals surface area (Å²) in [5.41, 5.74) is 0.791. The Kier molecular flexibility index (Phi) is 5.21. The first-order valence-corrected chi connectivity index (χ1v) is 9.90. The largest absolute Gasteiger partial charge is 0.481 e. The van der Waals surface area contributed by atoms with Crippen LogP contribution in [0.2, 0.25) is 0 Å². The van der Waals surface area contributed by atoms with Gasteiger partial charge in [0.1, 0.15) is 17.8 Å². The minimum absolute atomic E-state index is 0.318. The summed E-state index contributed by atoms with van der Waals surface area (Å²) in [5, 5.41) is 10.4. The molecule has 138 valence electrons. The molecule has 0 aliphatic rings. The van der Waals surface area contributed by atoms with E-state index in [1.54, 1.807) is 36.7 Å². The molecule has 0 unspecified atom stereocenters. The normalized spacial score (nSPS) is 12.2. The maximum atomic E-state index is 12.9. The molecule has 0 spiro atoms. The van der Waals surface area contributed by atoms with E-state index >= 15 is 0 Å². The van der Waals surface area contributed by atoms with E-state index in [2.05, 4.69) is 15.2 Å². The second kappa shape index (κ2) is 7.93. The maximum absolute atomic E-state index is 12.9. The molecule has 6 nitrogen and oxygen atoms in total. The molecule has 0 radical (unpaired) electrons. The second-order valence-corrected chi connectivity index (χ2v) is 7.40. The van der Waals surface area contributed by atoms with Crippen LogP contribution in [0.3, 0.4) is 0 Å². The van der Waals surface area contributed by atoms with Crippen molar-refractivity contribution in [2.45, 2.75) is 24.0 Å². The van der Waals surface area contributed by atoms with Gasteiger partial charge in [0.2, 0.25) is 5.89 Å². The van der Waals surface area contributed by atoms with E-state index in [1.807, 2.05) is 17.5 Å². The molecule has 0 saturated carbocycles. The Morgan fingerprint density at radius 1 is 1.22 bits per heavy atom. The molecule has 4 rings (SSSR count). The van der Waals surface area contributed by atoms with Crippen LogP contribution in [0.15, 0.2) is 62.1 Å². The standard InChI is InChI=1S/C18H14FN3O3S2/c1-11(24-14-6-4-12(19)5-7-14)16-21-22-18(25-16)27-10-13-9-23-17(20-13)15-3-2-8-26-15/h2-9,11H,10H2,1H3/t11-/m1/s1. The lowest BCUT2D eigenvalue weighted by atomic mass is 10.3. The summed E-state index contributed by atoms with van der Waals surface area (Å²) in [6, 6.07) is 9.67. The van der Waals surface area contributed by atoms with Gasteiger partial charge in [0, 0.05) is 5.75 Å². The molecule has 0 saturated heterocycles. The summed E-state index contributed by atoms with van der Waals surface area (Å²) < 4.78 is 29.7. The summed E-state index contributed by atoms with van der Waals surface area (Å²) in [5.74, 6) is 1.71. The van der Waals surface area contributed by atoms with Gasteiger partial charge in [0.05, 0.1) is 10.6 Å². The number of nitrogens with zero attached hydrogens (tertiary/aromatic N) is 3. The van der Waals surface area contributed by atoms with E-state index in [0.29, 0.717) is 28.5 Å². The molecule has 0 amide bonds. The van der Waals surface area contributed by atoms with Gasteiger partial charge in [0.15, 0.2) is 6.10 Å². The van der Waals surface area contributed by atoms with Gasteiger partial charge in [0.25, 0.3) is 11.1 Å². The minimum Gasteiger partial charge on any atom is -0.481 e. The number of hydrogen-bond acceptors (Lipinski definition) is 8. The van der Waals surface area contributed by atoms with Crippen LogP contribution >= 0.6 is 23.1 Å². The Morgan fingerprint density at radius 2 is 2.07 bits per heavy atom. The van der Waals surface area contributed by atoms with Crippen LogP contribution in [0.25, 0.3) is 10.8 Å². The summed E-state index contributed by atoms with van der Waals surface area (Å²) in [6.07, 6.45) is 1.18. The average molecular weight is 403 g/mol. The number of ether oxygens (including phenoxy) is 1. The molecule has 3 heterocycles. The van der Waals surface area contributed by atoms with Crippen molar-refractivity contribution < 1.29 is 18.0 Å². The molecule has 0 bridgehead atoms. The quantitative estimate of drug-likeness (QED) is 0.385. The van der Waals surface area contributed by atoms with Crippen LogP contribution in [0, 0.1) is 5.82 Å². The highest BCUT2D eigenvalue weighted by atomic mass is 32.2. The number of benzene rings is 1. The molecule has 0 aliphatic carbocycles. The van der Waals surface area contributed by atoms with E-state index < -0.39 is 6.10 Å². The topological polar surface area (TPSA) is 74.2 Å². The summed E-state index contributed by atoms with van der Waals surface area (Å²) >= 11 is 2.94. The van der Waals surface area contributed by atoms with Crippen LogP contribution in [-0.4, -0.2) is 15.2 Å². The van der Waals surface area contributed by atoms with E-state index in [1.165, 1.54) is 23.9 Å². The number of thioether (sulfide) groups is 1. The highest BCUT2D eigenvalue weighted by Gasteiger charge is 2.17. The third kappa shape index (κ3) is 4.37. The Bertz CT molecular complexity index is 999. The van der Waals surface area contributed by atoms with Crippen LogP contribution in [0.1, 0.15) is 24.6 Å². The van der Waals surface area contributed by atoms with Crippen LogP contribution in [0.5, 0.6) is 5.75 Å². The molecule has 27 heavy (non-hydrogen) atoms. The Hall–Kier alpha value is -2.65. The number of thiophene rings is 1. The zero-order chi connectivity index (χ0) is 18.6. The second-order valence-electron chi connectivity index (χ2n) is 5.53. The predicted molar refractivity (Wildman–Crippen MR) is 99.1 cm³/mol. The Balaban J connectivity index is 1.34. The molecule has 0 N–H and O–H groups in total. The monoisotopic (exact) mass is 403 g/mol. The molecule has 3 aromatic heterocycles. The van der Waals surface area contributed by atoms with Gasteiger partial charge in [-0.2, -0.15) is 0 Å². The van der Waals surface area contributed by atoms with Gasteiger partial charge in [-0.1, -0.05) is 17.8 Å². The molecule has 9 heteroatoms. The summed E-state index contributed by atoms with van der Waals surface area (Å²) in [6.45, 7) is 1.79. The number of rotatable bonds is 7. The summed E-state index contributed by atoms with van der Waals surface area (Å²) in [7, 11) is 0. The van der Waals surface area contributed by atoms with Crippen molar-refractivity contribution in [2.75, 3.05) is 0 Å². The number of hydrogen-bond donors (Lipinski definition) is 0. The van der Waals surface area contributed by atoms with Gasteiger partial charge < -0.3 is 13.6 Å². The van der Waals surface area contributed by atoms with E-state index in [0.717, 1.165) is 10.6 Å². The number of aromatic nitrogens is 3. The van der Waals surface area contributed by atoms with Crippen molar-refractivity contribution >= 4 is 23.1 Å². The van der Waals surface area contributed by atoms with Gasteiger partial charge >= 0.3 is 0 Å². The van der Waals surface area contributed by atoms with Crippen LogP contribution < -0.4 is 4.74 Å². The Labute approximate surface area is 162 Å². The number of halogens is 1. The Morgan fingerprint density at radius 3 is 2.85 bits per heavy atom. The van der Waals surface area contributed by atoms with Crippen molar-refractivity contribution in [1.82, 2.24) is 15.2 Å². The first kappa shape index (κ1) is 17.7. The van der Waals surface area contributed by atoms with Crippen molar-refractivity contribution in [2.24, 2.45) is 0 Å². The van der Waals surface area contributed by atoms with E-state index in [4.69, 9.17) is 13.6 Å². The fourth-order valence-corrected chi connectivity index (χ4v) is 3.54. The third-order valence-corrected chi connectivity index (χ3v) is 5.23. The average Bonchev–Trinajstić information content (AvgIpc) is 3.42. The molecule has 4 aromatic rings. The van der Waals surface area contributed by atoms with Crippen LogP contribution in [0.4, 0.5) is 4.39 Å². The molecule has 0 fully saturated rings. The van der Waals surface area contributed by atoms with E-state index in [-0.39, 0.29) is 5.82 Å². The zero-order valence-corrected chi connectivity index (χ0v) is 15.8. The lowest BCUT2D eigenvalue weighted by molar-refractivity contribution is 0.181. The maximum Gasteiger partial charge on any atom is 0.277 e. The van der Waals surface area contributed by atoms with Gasteiger partial charge in [-0.05, 0) is 42.6 Å². The van der Waals surface area contributed by atoms with Crippen molar-refractivity contribution in [3.05, 3.63) is 65.4 Å². The lowest BCUT2D eigenvalue weighted by Crippen LogP contribution is -2.03. The predicted octanol–water partition coefficient (Wildman–Crippen LogP) is 5.36. The fourth-order valence-electron chi connectivity index (χ4n) is 2.23. The summed E-state index contributed by atoms with van der Waals surface area (Å²) in [4.78, 5) is 5.43. The van der Waals surface area contributed by atoms with Gasteiger partial charge in [-0.25, -0.2) is 9.37 Å². The highest BCUT2D eigenvalue weighted by Crippen LogP contribution is 2.28. The molecular weight excluding hydrogens is 389 g/mol. The minimum atomic E-state index is -0.449. The molecular formula is C18H14FN3O3S2. The van der Waals surface area contributed by atoms with Crippen molar-refractivity contribution in [3.8, 4) is 16.5 Å². The highest BCUT2D eigenvalue weighted by molar-refractivity contribution is 7.98. The molecule has 1 atom stereocenters. The zero-order valence-electron chi connectivity index (χ0n) is 14.2. The SMILES string of the molecule is C[C@@H](Oc1ccc(F)cc1)c1nnc(SCc2coc(-c3cccs3)n2)o1. The number of oxazole rings is 1. The first-order chi connectivity index (χ1) is 13.2. The van der Waals surface area contributed by atoms with Gasteiger partial charge in [-0.15, -0.1) is 21.5 Å². The van der Waals surface area contributed by atoms with Crippen LogP contribution in [-0.2, 0) is 5.75 Å². The third-order valence-electron chi connectivity index (χ3n) is 3.52. The fraction of sp³-hybridized carbons (Fsp3) is 0.167. The molecule has 1 aromatic carbocycles.